The largest absolute Gasteiger partial charge is 0.376 e. The van der Waals surface area contributed by atoms with Crippen molar-refractivity contribution in [2.45, 2.75) is 70.1 Å². The minimum atomic E-state index is -0.784. The SMILES string of the molecule is Cc1ccccc1[C@H](C(=O)NC1CCCCC1)N(C[C@H]1CCCO1)C(=O)CNC(=O)c1cccs1. The van der Waals surface area contributed by atoms with Crippen molar-refractivity contribution in [1.29, 1.82) is 0 Å². The second kappa shape index (κ2) is 12.3. The second-order valence-electron chi connectivity index (χ2n) is 9.44. The maximum absolute atomic E-state index is 13.8. The Kier molecular flexibility index (Phi) is 8.93. The van der Waals surface area contributed by atoms with Crippen molar-refractivity contribution in [1.82, 2.24) is 15.5 Å². The van der Waals surface area contributed by atoms with Crippen LogP contribution >= 0.6 is 11.3 Å². The van der Waals surface area contributed by atoms with Crippen molar-refractivity contribution in [2.24, 2.45) is 0 Å². The van der Waals surface area contributed by atoms with Crippen molar-refractivity contribution >= 4 is 29.1 Å². The fourth-order valence-electron chi connectivity index (χ4n) is 4.98. The van der Waals surface area contributed by atoms with Gasteiger partial charge in [-0.05, 0) is 55.2 Å². The number of nitrogens with one attached hydrogen (secondary N) is 2. The summed E-state index contributed by atoms with van der Waals surface area (Å²) >= 11 is 1.33. The normalized spacial score (nSPS) is 19.2. The Balaban J connectivity index is 1.59. The third-order valence-corrected chi connectivity index (χ3v) is 7.75. The molecule has 8 heteroatoms. The molecule has 3 amide bonds. The monoisotopic (exact) mass is 497 g/mol. The Bertz CT molecular complexity index is 998. The number of rotatable bonds is 9. The summed E-state index contributed by atoms with van der Waals surface area (Å²) in [6.45, 7) is 2.75. The fourth-order valence-corrected chi connectivity index (χ4v) is 5.62. The van der Waals surface area contributed by atoms with Crippen LogP contribution in [0.4, 0.5) is 0 Å². The van der Waals surface area contributed by atoms with Crippen LogP contribution in [-0.4, -0.2) is 54.5 Å². The Hall–Kier alpha value is -2.71. The average molecular weight is 498 g/mol. The van der Waals surface area contributed by atoms with Crippen LogP contribution < -0.4 is 10.6 Å². The average Bonchev–Trinajstić information content (AvgIpc) is 3.58. The molecule has 2 heterocycles. The molecular weight excluding hydrogens is 462 g/mol. The van der Waals surface area contributed by atoms with E-state index in [4.69, 9.17) is 4.74 Å². The van der Waals surface area contributed by atoms with Crippen molar-refractivity contribution in [3.05, 3.63) is 57.8 Å². The molecule has 2 aliphatic rings. The van der Waals surface area contributed by atoms with E-state index in [1.165, 1.54) is 17.8 Å². The van der Waals surface area contributed by atoms with E-state index in [-0.39, 0.29) is 36.4 Å². The Morgan fingerprint density at radius 3 is 2.54 bits per heavy atom. The van der Waals surface area contributed by atoms with Gasteiger partial charge in [-0.15, -0.1) is 11.3 Å². The molecule has 35 heavy (non-hydrogen) atoms. The number of hydrogen-bond donors (Lipinski definition) is 2. The first-order valence-corrected chi connectivity index (χ1v) is 13.5. The van der Waals surface area contributed by atoms with Gasteiger partial charge in [-0.3, -0.25) is 14.4 Å². The van der Waals surface area contributed by atoms with E-state index in [2.05, 4.69) is 10.6 Å². The van der Waals surface area contributed by atoms with Crippen LogP contribution in [0.15, 0.2) is 41.8 Å². The zero-order chi connectivity index (χ0) is 24.6. The molecule has 2 aromatic rings. The van der Waals surface area contributed by atoms with Crippen LogP contribution in [0.2, 0.25) is 0 Å². The number of carbonyl (C=O) groups excluding carboxylic acids is 3. The zero-order valence-electron chi connectivity index (χ0n) is 20.3. The third-order valence-electron chi connectivity index (χ3n) is 6.88. The van der Waals surface area contributed by atoms with Crippen molar-refractivity contribution in [2.75, 3.05) is 19.7 Å². The second-order valence-corrected chi connectivity index (χ2v) is 10.4. The molecule has 2 fully saturated rings. The van der Waals surface area contributed by atoms with Crippen LogP contribution in [0.25, 0.3) is 0 Å². The van der Waals surface area contributed by atoms with E-state index in [1.54, 1.807) is 17.0 Å². The molecule has 4 rings (SSSR count). The summed E-state index contributed by atoms with van der Waals surface area (Å²) in [4.78, 5) is 42.0. The van der Waals surface area contributed by atoms with E-state index < -0.39 is 6.04 Å². The number of thiophene rings is 1. The van der Waals surface area contributed by atoms with Gasteiger partial charge in [0, 0.05) is 19.2 Å². The van der Waals surface area contributed by atoms with Crippen molar-refractivity contribution < 1.29 is 19.1 Å². The lowest BCUT2D eigenvalue weighted by Gasteiger charge is -2.35. The van der Waals surface area contributed by atoms with Crippen LogP contribution in [0, 0.1) is 6.92 Å². The van der Waals surface area contributed by atoms with Gasteiger partial charge >= 0.3 is 0 Å². The molecule has 0 bridgehead atoms. The molecule has 188 valence electrons. The predicted octanol–water partition coefficient (Wildman–Crippen LogP) is 3.98. The summed E-state index contributed by atoms with van der Waals surface area (Å²) in [7, 11) is 0. The molecule has 1 aliphatic heterocycles. The minimum absolute atomic E-state index is 0.124. The van der Waals surface area contributed by atoms with Gasteiger partial charge < -0.3 is 20.3 Å². The molecule has 1 aromatic heterocycles. The lowest BCUT2D eigenvalue weighted by Crippen LogP contribution is -2.51. The van der Waals surface area contributed by atoms with E-state index in [1.807, 2.05) is 36.6 Å². The molecule has 1 saturated heterocycles. The highest BCUT2D eigenvalue weighted by atomic mass is 32.1. The molecule has 0 radical (unpaired) electrons. The van der Waals surface area contributed by atoms with Crippen molar-refractivity contribution in [3.63, 3.8) is 0 Å². The smallest absolute Gasteiger partial charge is 0.261 e. The molecule has 0 spiro atoms. The van der Waals surface area contributed by atoms with Gasteiger partial charge in [-0.25, -0.2) is 0 Å². The number of aryl methyl sites for hydroxylation is 1. The topological polar surface area (TPSA) is 87.7 Å². The van der Waals surface area contributed by atoms with Crippen LogP contribution in [0.3, 0.4) is 0 Å². The minimum Gasteiger partial charge on any atom is -0.376 e. The fraction of sp³-hybridized carbons (Fsp3) is 0.519. The quantitative estimate of drug-likeness (QED) is 0.549. The molecule has 1 aliphatic carbocycles. The number of amides is 3. The summed E-state index contributed by atoms with van der Waals surface area (Å²) in [5.41, 5.74) is 1.75. The lowest BCUT2D eigenvalue weighted by atomic mass is 9.94. The number of ether oxygens (including phenoxy) is 1. The molecule has 1 saturated carbocycles. The van der Waals surface area contributed by atoms with Gasteiger partial charge in [0.15, 0.2) is 0 Å². The van der Waals surface area contributed by atoms with Crippen LogP contribution in [0.5, 0.6) is 0 Å². The maximum Gasteiger partial charge on any atom is 0.261 e. The Labute approximate surface area is 211 Å². The summed E-state index contributed by atoms with van der Waals surface area (Å²) in [5, 5.41) is 7.80. The Morgan fingerprint density at radius 1 is 1.06 bits per heavy atom. The van der Waals surface area contributed by atoms with Gasteiger partial charge in [-0.1, -0.05) is 49.6 Å². The third kappa shape index (κ3) is 6.70. The molecule has 2 N–H and O–H groups in total. The van der Waals surface area contributed by atoms with E-state index in [0.29, 0.717) is 18.0 Å². The molecule has 0 unspecified atom stereocenters. The summed E-state index contributed by atoms with van der Waals surface area (Å²) in [6, 6.07) is 10.6. The van der Waals surface area contributed by atoms with Gasteiger partial charge in [0.1, 0.15) is 6.04 Å². The number of nitrogens with zero attached hydrogens (tertiary/aromatic N) is 1. The first-order valence-electron chi connectivity index (χ1n) is 12.6. The van der Waals surface area contributed by atoms with E-state index in [0.717, 1.165) is 49.7 Å². The lowest BCUT2D eigenvalue weighted by molar-refractivity contribution is -0.142. The highest BCUT2D eigenvalue weighted by Gasteiger charge is 2.36. The standard InChI is InChI=1S/C27H35N3O4S/c1-19-9-5-6-13-22(19)25(27(33)29-20-10-3-2-4-11-20)30(18-21-12-7-15-34-21)24(31)17-28-26(32)23-14-8-16-35-23/h5-6,8-9,13-14,16,20-21,25H,2-4,7,10-12,15,17-18H2,1H3,(H,28,32)(H,29,33)/t21-,25-/m1/s1. The first kappa shape index (κ1) is 25.4. The summed E-state index contributed by atoms with van der Waals surface area (Å²) in [6.07, 6.45) is 6.98. The number of hydrogen-bond acceptors (Lipinski definition) is 5. The van der Waals surface area contributed by atoms with E-state index in [9.17, 15) is 14.4 Å². The zero-order valence-corrected chi connectivity index (χ0v) is 21.1. The van der Waals surface area contributed by atoms with Gasteiger partial charge in [0.2, 0.25) is 11.8 Å². The Morgan fingerprint density at radius 2 is 1.86 bits per heavy atom. The molecule has 1 aromatic carbocycles. The highest BCUT2D eigenvalue weighted by Crippen LogP contribution is 2.28. The summed E-state index contributed by atoms with van der Waals surface area (Å²) in [5.74, 6) is -0.746. The number of carbonyl (C=O) groups is 3. The van der Waals surface area contributed by atoms with Gasteiger partial charge in [-0.2, -0.15) is 0 Å². The summed E-state index contributed by atoms with van der Waals surface area (Å²) < 4.78 is 5.85. The van der Waals surface area contributed by atoms with Gasteiger partial charge in [0.05, 0.1) is 17.5 Å². The predicted molar refractivity (Wildman–Crippen MR) is 136 cm³/mol. The molecule has 7 nitrogen and oxygen atoms in total. The van der Waals surface area contributed by atoms with Crippen molar-refractivity contribution in [3.8, 4) is 0 Å². The first-order chi connectivity index (χ1) is 17.0. The number of benzene rings is 1. The molecule has 2 atom stereocenters. The van der Waals surface area contributed by atoms with Gasteiger partial charge in [0.25, 0.3) is 5.91 Å². The highest BCUT2D eigenvalue weighted by molar-refractivity contribution is 7.12. The molecular formula is C27H35N3O4S. The maximum atomic E-state index is 13.8. The van der Waals surface area contributed by atoms with Crippen LogP contribution in [0.1, 0.15) is 71.8 Å². The van der Waals surface area contributed by atoms with Crippen LogP contribution in [-0.2, 0) is 14.3 Å². The van der Waals surface area contributed by atoms with E-state index >= 15 is 0 Å².